The van der Waals surface area contributed by atoms with Gasteiger partial charge in [0.15, 0.2) is 0 Å². The van der Waals surface area contributed by atoms with E-state index in [1.165, 1.54) is 0 Å². The fourth-order valence-electron chi connectivity index (χ4n) is 1.05. The lowest BCUT2D eigenvalue weighted by atomic mass is 10.2. The molecule has 14 heavy (non-hydrogen) atoms. The Hall–Kier alpha value is -0.880. The Morgan fingerprint density at radius 1 is 0.714 bits per heavy atom. The summed E-state index contributed by atoms with van der Waals surface area (Å²) in [6.45, 7) is 0. The summed E-state index contributed by atoms with van der Waals surface area (Å²) in [7, 11) is -4.85. The second-order valence-electron chi connectivity index (χ2n) is 2.80. The van der Waals surface area contributed by atoms with Gasteiger partial charge in [0, 0.05) is 0 Å². The van der Waals surface area contributed by atoms with Crippen molar-refractivity contribution in [1.29, 1.82) is 0 Å². The van der Waals surface area contributed by atoms with E-state index < -0.39 is 21.4 Å². The summed E-state index contributed by atoms with van der Waals surface area (Å²) in [4.78, 5) is 0. The van der Waals surface area contributed by atoms with Gasteiger partial charge >= 0.3 is 0 Å². The average Bonchev–Trinajstić information content (AvgIpc) is 2.06. The lowest BCUT2D eigenvalue weighted by Gasteiger charge is -1.97. The molecule has 1 aromatic carbocycles. The summed E-state index contributed by atoms with van der Waals surface area (Å²) in [6.07, 6.45) is 0. The third-order valence-corrected chi connectivity index (χ3v) is 2.89. The topological polar surface area (TPSA) is 68.3 Å². The molecule has 0 fully saturated rings. The van der Waals surface area contributed by atoms with E-state index in [2.05, 4.69) is 0 Å². The standard InChI is InChI=1S/C8H10O4S2/c9-13(10)5-7-1-2-8(4-3-7)6-14(11)12/h1-4,13-14H,5-6H2. The van der Waals surface area contributed by atoms with Gasteiger partial charge in [-0.15, -0.1) is 0 Å². The molecule has 0 aliphatic carbocycles. The predicted octanol–water partition coefficient (Wildman–Crippen LogP) is -0.0906. The van der Waals surface area contributed by atoms with Crippen LogP contribution in [0.5, 0.6) is 0 Å². The number of rotatable bonds is 4. The van der Waals surface area contributed by atoms with Gasteiger partial charge < -0.3 is 0 Å². The Morgan fingerprint density at radius 3 is 1.21 bits per heavy atom. The van der Waals surface area contributed by atoms with Gasteiger partial charge in [0.2, 0.25) is 0 Å². The van der Waals surface area contributed by atoms with Crippen LogP contribution in [0.15, 0.2) is 24.3 Å². The first-order valence-electron chi connectivity index (χ1n) is 3.89. The molecule has 0 unspecified atom stereocenters. The molecule has 0 spiro atoms. The smallest absolute Gasteiger partial charge is 0.144 e. The van der Waals surface area contributed by atoms with Gasteiger partial charge in [-0.05, 0) is 11.1 Å². The first kappa shape index (κ1) is 11.2. The van der Waals surface area contributed by atoms with Gasteiger partial charge in [-0.25, -0.2) is 16.8 Å². The number of thiol groups is 2. The lowest BCUT2D eigenvalue weighted by Crippen LogP contribution is -1.90. The van der Waals surface area contributed by atoms with Crippen LogP contribution < -0.4 is 0 Å². The van der Waals surface area contributed by atoms with Crippen molar-refractivity contribution in [2.75, 3.05) is 0 Å². The van der Waals surface area contributed by atoms with Crippen molar-refractivity contribution in [2.45, 2.75) is 11.5 Å². The SMILES string of the molecule is O=[SH](=O)Cc1ccc(C[SH](=O)=O)cc1. The van der Waals surface area contributed by atoms with Gasteiger partial charge in [0.05, 0.1) is 11.5 Å². The van der Waals surface area contributed by atoms with Crippen LogP contribution in [0.3, 0.4) is 0 Å². The van der Waals surface area contributed by atoms with Crippen molar-refractivity contribution in [3.8, 4) is 0 Å². The largest absolute Gasteiger partial charge is 0.232 e. The van der Waals surface area contributed by atoms with Gasteiger partial charge in [0.25, 0.3) is 0 Å². The third-order valence-electron chi connectivity index (χ3n) is 1.65. The Bertz CT molecular complexity index is 384. The van der Waals surface area contributed by atoms with Crippen LogP contribution >= 0.6 is 0 Å². The summed E-state index contributed by atoms with van der Waals surface area (Å²) >= 11 is 0. The van der Waals surface area contributed by atoms with Gasteiger partial charge in [0.1, 0.15) is 21.4 Å². The molecule has 0 aliphatic heterocycles. The van der Waals surface area contributed by atoms with E-state index in [0.717, 1.165) is 0 Å². The first-order valence-corrected chi connectivity index (χ1v) is 6.62. The highest BCUT2D eigenvalue weighted by atomic mass is 32.2. The van der Waals surface area contributed by atoms with Crippen molar-refractivity contribution in [3.05, 3.63) is 35.4 Å². The molecule has 4 nitrogen and oxygen atoms in total. The summed E-state index contributed by atoms with van der Waals surface area (Å²) < 4.78 is 41.5. The van der Waals surface area contributed by atoms with Crippen LogP contribution in [0.2, 0.25) is 0 Å². The molecular formula is C8H10O4S2. The zero-order chi connectivity index (χ0) is 10.6. The Balaban J connectivity index is 2.77. The van der Waals surface area contributed by atoms with Crippen molar-refractivity contribution in [2.24, 2.45) is 0 Å². The molecule has 0 amide bonds. The van der Waals surface area contributed by atoms with Crippen molar-refractivity contribution >= 4 is 21.4 Å². The maximum absolute atomic E-state index is 10.4. The fraction of sp³-hybridized carbons (Fsp3) is 0.250. The van der Waals surface area contributed by atoms with Crippen molar-refractivity contribution < 1.29 is 16.8 Å². The van der Waals surface area contributed by atoms with Gasteiger partial charge in [-0.3, -0.25) is 0 Å². The second-order valence-corrected chi connectivity index (χ2v) is 4.76. The number of hydrogen-bond acceptors (Lipinski definition) is 4. The average molecular weight is 234 g/mol. The first-order chi connectivity index (χ1) is 6.58. The molecule has 6 heteroatoms. The van der Waals surface area contributed by atoms with Crippen LogP contribution in [-0.2, 0) is 32.9 Å². The Morgan fingerprint density at radius 2 is 1.00 bits per heavy atom. The van der Waals surface area contributed by atoms with E-state index >= 15 is 0 Å². The number of benzene rings is 1. The quantitative estimate of drug-likeness (QED) is 0.714. The summed E-state index contributed by atoms with van der Waals surface area (Å²) in [6, 6.07) is 6.50. The number of hydrogen-bond donors (Lipinski definition) is 2. The maximum atomic E-state index is 10.4. The van der Waals surface area contributed by atoms with Crippen molar-refractivity contribution in [3.63, 3.8) is 0 Å². The summed E-state index contributed by atoms with van der Waals surface area (Å²) in [5, 5.41) is 0. The molecule has 0 radical (unpaired) electrons. The van der Waals surface area contributed by atoms with Crippen LogP contribution in [0.4, 0.5) is 0 Å². The minimum absolute atomic E-state index is 0.000868. The van der Waals surface area contributed by atoms with Crippen molar-refractivity contribution in [1.82, 2.24) is 0 Å². The lowest BCUT2D eigenvalue weighted by molar-refractivity contribution is 0.612. The molecule has 0 aromatic heterocycles. The van der Waals surface area contributed by atoms with Gasteiger partial charge in [-0.2, -0.15) is 0 Å². The monoisotopic (exact) mass is 234 g/mol. The Labute approximate surface area is 85.5 Å². The zero-order valence-electron chi connectivity index (χ0n) is 7.25. The highest BCUT2D eigenvalue weighted by molar-refractivity contribution is 7.71. The highest BCUT2D eigenvalue weighted by Gasteiger charge is 1.96. The second kappa shape index (κ2) is 5.11. The molecule has 0 bridgehead atoms. The Kier molecular flexibility index (Phi) is 4.09. The minimum Gasteiger partial charge on any atom is -0.232 e. The zero-order valence-corrected chi connectivity index (χ0v) is 9.04. The summed E-state index contributed by atoms with van der Waals surface area (Å²) in [5.74, 6) is -0.00174. The van der Waals surface area contributed by atoms with E-state index in [4.69, 9.17) is 0 Å². The molecule has 0 heterocycles. The third kappa shape index (κ3) is 3.89. The molecule has 0 saturated heterocycles. The van der Waals surface area contributed by atoms with Crippen LogP contribution in [-0.4, -0.2) is 16.8 Å². The predicted molar refractivity (Wildman–Crippen MR) is 54.5 cm³/mol. The molecule has 0 saturated carbocycles. The van der Waals surface area contributed by atoms with E-state index in [1.54, 1.807) is 24.3 Å². The molecule has 1 rings (SSSR count). The molecule has 78 valence electrons. The molecule has 0 aliphatic rings. The molecule has 0 N–H and O–H groups in total. The molecular weight excluding hydrogens is 224 g/mol. The van der Waals surface area contributed by atoms with E-state index in [-0.39, 0.29) is 11.5 Å². The van der Waals surface area contributed by atoms with E-state index in [0.29, 0.717) is 11.1 Å². The normalized spacial score (nSPS) is 11.0. The minimum atomic E-state index is -2.42. The van der Waals surface area contributed by atoms with Crippen LogP contribution in [0.1, 0.15) is 11.1 Å². The van der Waals surface area contributed by atoms with Gasteiger partial charge in [-0.1, -0.05) is 24.3 Å². The molecule has 1 aromatic rings. The van der Waals surface area contributed by atoms with Crippen LogP contribution in [0.25, 0.3) is 0 Å². The highest BCUT2D eigenvalue weighted by Crippen LogP contribution is 2.06. The fourth-order valence-corrected chi connectivity index (χ4v) is 2.07. The molecule has 0 atom stereocenters. The van der Waals surface area contributed by atoms with E-state index in [1.807, 2.05) is 0 Å². The van der Waals surface area contributed by atoms with E-state index in [9.17, 15) is 16.8 Å². The maximum Gasteiger partial charge on any atom is 0.144 e. The summed E-state index contributed by atoms with van der Waals surface area (Å²) in [5.41, 5.74) is 1.34. The van der Waals surface area contributed by atoms with Crippen LogP contribution in [0, 0.1) is 0 Å².